The summed E-state index contributed by atoms with van der Waals surface area (Å²) >= 11 is 4.84. The van der Waals surface area contributed by atoms with Gasteiger partial charge in [-0.25, -0.2) is 9.79 Å². The molecule has 0 bridgehead atoms. The molecule has 0 fully saturated rings. The Morgan fingerprint density at radius 2 is 1.87 bits per heavy atom. The fourth-order valence-corrected chi connectivity index (χ4v) is 5.71. The molecular formula is C31H27BrN2O4S. The van der Waals surface area contributed by atoms with Gasteiger partial charge in [0.25, 0.3) is 0 Å². The Kier molecular flexibility index (Phi) is 8.24. The van der Waals surface area contributed by atoms with Gasteiger partial charge in [-0.05, 0) is 61.9 Å². The van der Waals surface area contributed by atoms with Gasteiger partial charge in [-0.2, -0.15) is 0 Å². The molecule has 0 saturated heterocycles. The number of fused-ring (bicyclic) bond motifs is 1. The third-order valence-corrected chi connectivity index (χ3v) is 7.71. The van der Waals surface area contributed by atoms with E-state index >= 15 is 0 Å². The number of carbonyl (C=O) groups excluding carboxylic acids is 1. The molecular weight excluding hydrogens is 576 g/mol. The number of aliphatic hydroxyl groups excluding tert-OH is 1. The van der Waals surface area contributed by atoms with Gasteiger partial charge < -0.3 is 19.1 Å². The van der Waals surface area contributed by atoms with Gasteiger partial charge in [0.1, 0.15) is 28.7 Å². The second-order valence-corrected chi connectivity index (χ2v) is 10.8. The lowest BCUT2D eigenvalue weighted by Crippen LogP contribution is -2.12. The summed E-state index contributed by atoms with van der Waals surface area (Å²) in [6, 6.07) is 23.4. The number of esters is 1. The van der Waals surface area contributed by atoms with Crippen LogP contribution < -0.4 is 4.74 Å². The summed E-state index contributed by atoms with van der Waals surface area (Å²) in [7, 11) is 0. The maximum atomic E-state index is 12.8. The summed E-state index contributed by atoms with van der Waals surface area (Å²) < 4.78 is 14.4. The number of hydrogen-bond acceptors (Lipinski definition) is 6. The molecule has 0 unspecified atom stereocenters. The van der Waals surface area contributed by atoms with Crippen LogP contribution in [0.5, 0.6) is 5.75 Å². The van der Waals surface area contributed by atoms with E-state index in [-0.39, 0.29) is 17.9 Å². The number of carbonyl (C=O) groups is 1. The topological polar surface area (TPSA) is 73.0 Å². The number of hydrogen-bond donors (Lipinski definition) is 1. The fourth-order valence-electron chi connectivity index (χ4n) is 4.32. The molecule has 0 aliphatic carbocycles. The number of aryl methyl sites for hydroxylation is 1. The standard InChI is InChI=1S/C31H27BrN2O4S/c1-3-37-31(36)28-29(35)27(39-30(28)33-23-10-5-4-6-11-23)17-21-19-34(25-14-13-22(32)18-24(21)25)15-16-38-26-12-8-7-9-20(26)2/h4-14,17-19,35H,3,15-16H2,1-2H3/b27-17-,33-30?. The Balaban J connectivity index is 1.50. The van der Waals surface area contributed by atoms with E-state index < -0.39 is 5.97 Å². The van der Waals surface area contributed by atoms with Crippen LogP contribution in [0.1, 0.15) is 18.1 Å². The second-order valence-electron chi connectivity index (χ2n) is 8.86. The Morgan fingerprint density at radius 1 is 1.10 bits per heavy atom. The first-order valence-corrected chi connectivity index (χ1v) is 14.2. The van der Waals surface area contributed by atoms with E-state index in [9.17, 15) is 9.90 Å². The number of aliphatic imine (C=N–C) groups is 1. The van der Waals surface area contributed by atoms with Crippen LogP contribution in [-0.4, -0.2) is 33.9 Å². The van der Waals surface area contributed by atoms with Crippen LogP contribution in [-0.2, 0) is 16.1 Å². The molecule has 198 valence electrons. The van der Waals surface area contributed by atoms with Crippen molar-refractivity contribution >= 4 is 61.4 Å². The van der Waals surface area contributed by atoms with Gasteiger partial charge in [0, 0.05) is 27.1 Å². The van der Waals surface area contributed by atoms with Crippen LogP contribution in [0.25, 0.3) is 17.0 Å². The second kappa shape index (κ2) is 12.0. The molecule has 4 aromatic rings. The maximum Gasteiger partial charge on any atom is 0.344 e. The number of rotatable bonds is 8. The number of aromatic nitrogens is 1. The molecule has 0 spiro atoms. The molecule has 2 heterocycles. The lowest BCUT2D eigenvalue weighted by molar-refractivity contribution is -0.138. The van der Waals surface area contributed by atoms with Crippen LogP contribution in [0.3, 0.4) is 0 Å². The average Bonchev–Trinajstić information content (AvgIpc) is 3.42. The Labute approximate surface area is 239 Å². The highest BCUT2D eigenvalue weighted by Crippen LogP contribution is 2.41. The summed E-state index contributed by atoms with van der Waals surface area (Å²) in [5, 5.41) is 12.6. The molecule has 0 saturated carbocycles. The van der Waals surface area contributed by atoms with Crippen molar-refractivity contribution in [2.75, 3.05) is 13.2 Å². The first-order chi connectivity index (χ1) is 18.9. The van der Waals surface area contributed by atoms with Crippen LogP contribution in [0.2, 0.25) is 0 Å². The summed E-state index contributed by atoms with van der Waals surface area (Å²) in [6.45, 7) is 5.10. The summed E-state index contributed by atoms with van der Waals surface area (Å²) in [6.07, 6.45) is 3.93. The third kappa shape index (κ3) is 5.97. The zero-order chi connectivity index (χ0) is 27.4. The van der Waals surface area contributed by atoms with E-state index in [1.807, 2.05) is 85.9 Å². The lowest BCUT2D eigenvalue weighted by Gasteiger charge is -2.10. The van der Waals surface area contributed by atoms with Crippen molar-refractivity contribution in [3.05, 3.63) is 111 Å². The van der Waals surface area contributed by atoms with E-state index in [4.69, 9.17) is 9.47 Å². The van der Waals surface area contributed by atoms with Gasteiger partial charge in [0.15, 0.2) is 0 Å². The Morgan fingerprint density at radius 3 is 2.64 bits per heavy atom. The quantitative estimate of drug-likeness (QED) is 0.207. The van der Waals surface area contributed by atoms with Crippen LogP contribution >= 0.6 is 27.7 Å². The minimum absolute atomic E-state index is 0.0773. The molecule has 39 heavy (non-hydrogen) atoms. The molecule has 1 N–H and O–H groups in total. The van der Waals surface area contributed by atoms with Crippen molar-refractivity contribution in [3.63, 3.8) is 0 Å². The molecule has 1 aromatic heterocycles. The zero-order valence-corrected chi connectivity index (χ0v) is 24.0. The van der Waals surface area contributed by atoms with Crippen molar-refractivity contribution in [3.8, 4) is 5.75 Å². The fraction of sp³-hybridized carbons (Fsp3) is 0.161. The number of benzene rings is 3. The van der Waals surface area contributed by atoms with Gasteiger partial charge in [0.05, 0.1) is 23.7 Å². The van der Waals surface area contributed by atoms with E-state index in [1.165, 1.54) is 11.8 Å². The third-order valence-electron chi connectivity index (χ3n) is 6.20. The molecule has 1 aliphatic heterocycles. The summed E-state index contributed by atoms with van der Waals surface area (Å²) in [5.74, 6) is 0.138. The number of para-hydroxylation sites is 2. The predicted octanol–water partition coefficient (Wildman–Crippen LogP) is 7.98. The smallest absolute Gasteiger partial charge is 0.344 e. The van der Waals surface area contributed by atoms with Crippen molar-refractivity contribution in [2.45, 2.75) is 20.4 Å². The number of aliphatic hydroxyl groups is 1. The molecule has 3 aromatic carbocycles. The summed E-state index contributed by atoms with van der Waals surface area (Å²) in [4.78, 5) is 18.0. The van der Waals surface area contributed by atoms with E-state index in [2.05, 4.69) is 31.6 Å². The van der Waals surface area contributed by atoms with Crippen molar-refractivity contribution in [2.24, 2.45) is 4.99 Å². The first-order valence-electron chi connectivity index (χ1n) is 12.6. The minimum atomic E-state index is -0.598. The first kappa shape index (κ1) is 26.8. The van der Waals surface area contributed by atoms with Crippen LogP contribution in [0.15, 0.2) is 105 Å². The molecule has 0 radical (unpaired) electrons. The van der Waals surface area contributed by atoms with Crippen molar-refractivity contribution < 1.29 is 19.4 Å². The SMILES string of the molecule is CCOC(=O)C1=C(O)/C(=C/c2cn(CCOc3ccccc3C)c3ccc(Br)cc23)SC1=Nc1ccccc1. The Bertz CT molecular complexity index is 1620. The molecule has 0 atom stereocenters. The molecule has 0 amide bonds. The van der Waals surface area contributed by atoms with Gasteiger partial charge in [-0.1, -0.05) is 64.1 Å². The highest BCUT2D eigenvalue weighted by Gasteiger charge is 2.33. The van der Waals surface area contributed by atoms with Crippen LogP contribution in [0.4, 0.5) is 5.69 Å². The monoisotopic (exact) mass is 602 g/mol. The summed E-state index contributed by atoms with van der Waals surface area (Å²) in [5.41, 5.74) is 3.79. The number of halogens is 1. The average molecular weight is 604 g/mol. The molecule has 1 aliphatic rings. The highest BCUT2D eigenvalue weighted by molar-refractivity contribution is 9.10. The number of ether oxygens (including phenoxy) is 2. The normalized spacial score (nSPS) is 15.5. The number of nitrogens with zero attached hydrogens (tertiary/aromatic N) is 2. The lowest BCUT2D eigenvalue weighted by atomic mass is 10.1. The van der Waals surface area contributed by atoms with Crippen molar-refractivity contribution in [1.82, 2.24) is 4.57 Å². The van der Waals surface area contributed by atoms with Crippen LogP contribution in [0, 0.1) is 6.92 Å². The van der Waals surface area contributed by atoms with E-state index in [0.29, 0.717) is 28.8 Å². The molecule has 6 nitrogen and oxygen atoms in total. The predicted molar refractivity (Wildman–Crippen MR) is 162 cm³/mol. The van der Waals surface area contributed by atoms with E-state index in [1.54, 1.807) is 6.92 Å². The molecule has 8 heteroatoms. The highest BCUT2D eigenvalue weighted by atomic mass is 79.9. The zero-order valence-electron chi connectivity index (χ0n) is 21.6. The number of thioether (sulfide) groups is 1. The van der Waals surface area contributed by atoms with Gasteiger partial charge in [-0.15, -0.1) is 0 Å². The van der Waals surface area contributed by atoms with Gasteiger partial charge >= 0.3 is 5.97 Å². The Hall–Kier alpha value is -3.75. The molecule has 5 rings (SSSR count). The van der Waals surface area contributed by atoms with Gasteiger partial charge in [0.2, 0.25) is 0 Å². The van der Waals surface area contributed by atoms with Gasteiger partial charge in [-0.3, -0.25) is 0 Å². The van der Waals surface area contributed by atoms with E-state index in [0.717, 1.165) is 32.3 Å². The van der Waals surface area contributed by atoms with Crippen molar-refractivity contribution in [1.29, 1.82) is 0 Å². The minimum Gasteiger partial charge on any atom is -0.506 e. The maximum absolute atomic E-state index is 12.8. The largest absolute Gasteiger partial charge is 0.506 e.